The fraction of sp³-hybridized carbons (Fsp3) is 0.0278. The molecule has 1 atom stereocenters. The highest BCUT2D eigenvalue weighted by Gasteiger charge is 2.23. The molecular formula is C36H26Cl2FN3O3S. The zero-order valence-corrected chi connectivity index (χ0v) is 26.4. The fourth-order valence-electron chi connectivity index (χ4n) is 4.33. The van der Waals surface area contributed by atoms with Crippen molar-refractivity contribution in [2.75, 3.05) is 10.6 Å². The Balaban J connectivity index is 1.33. The summed E-state index contributed by atoms with van der Waals surface area (Å²) in [5.41, 5.74) is 1.98. The molecular weight excluding hydrogens is 644 g/mol. The molecule has 3 amide bonds. The first-order chi connectivity index (χ1) is 22.3. The van der Waals surface area contributed by atoms with E-state index in [4.69, 9.17) is 23.2 Å². The minimum absolute atomic E-state index is 0.137. The van der Waals surface area contributed by atoms with E-state index in [9.17, 15) is 18.8 Å². The maximum atomic E-state index is 14.5. The van der Waals surface area contributed by atoms with E-state index in [0.29, 0.717) is 27.0 Å². The number of hydrogen-bond acceptors (Lipinski definition) is 4. The van der Waals surface area contributed by atoms with Gasteiger partial charge < -0.3 is 16.0 Å². The summed E-state index contributed by atoms with van der Waals surface area (Å²) in [5.74, 6) is -1.99. The van der Waals surface area contributed by atoms with Crippen LogP contribution in [0.15, 0.2) is 138 Å². The van der Waals surface area contributed by atoms with Crippen LogP contribution in [0.2, 0.25) is 10.0 Å². The molecule has 3 N–H and O–H groups in total. The van der Waals surface area contributed by atoms with Gasteiger partial charge in [0, 0.05) is 26.7 Å². The molecule has 0 bridgehead atoms. The molecule has 0 saturated heterocycles. The first-order valence-electron chi connectivity index (χ1n) is 14.0. The molecule has 5 aromatic rings. The van der Waals surface area contributed by atoms with Crippen molar-refractivity contribution in [1.29, 1.82) is 0 Å². The molecule has 0 fully saturated rings. The van der Waals surface area contributed by atoms with Crippen LogP contribution < -0.4 is 16.0 Å². The molecule has 6 nitrogen and oxygen atoms in total. The van der Waals surface area contributed by atoms with Crippen molar-refractivity contribution in [2.45, 2.75) is 10.1 Å². The number of thioether (sulfide) groups is 1. The van der Waals surface area contributed by atoms with Crippen LogP contribution in [0.4, 0.5) is 15.8 Å². The van der Waals surface area contributed by atoms with Gasteiger partial charge in [-0.3, -0.25) is 14.4 Å². The number of rotatable bonds is 10. The molecule has 0 spiro atoms. The van der Waals surface area contributed by atoms with Crippen molar-refractivity contribution in [3.05, 3.63) is 166 Å². The van der Waals surface area contributed by atoms with Gasteiger partial charge in [0.15, 0.2) is 0 Å². The van der Waals surface area contributed by atoms with E-state index in [-0.39, 0.29) is 17.2 Å². The number of carbonyl (C=O) groups excluding carboxylic acids is 3. The highest BCUT2D eigenvalue weighted by atomic mass is 35.5. The predicted molar refractivity (Wildman–Crippen MR) is 183 cm³/mol. The molecule has 10 heteroatoms. The predicted octanol–water partition coefficient (Wildman–Crippen LogP) is 9.01. The minimum Gasteiger partial charge on any atom is -0.323 e. The van der Waals surface area contributed by atoms with Gasteiger partial charge in [-0.05, 0) is 72.3 Å². The van der Waals surface area contributed by atoms with E-state index in [1.807, 2.05) is 30.3 Å². The van der Waals surface area contributed by atoms with Crippen LogP contribution in [-0.2, 0) is 9.59 Å². The molecule has 230 valence electrons. The third kappa shape index (κ3) is 8.63. The zero-order chi connectivity index (χ0) is 32.5. The van der Waals surface area contributed by atoms with Crippen LogP contribution in [0.1, 0.15) is 26.7 Å². The Morgan fingerprint density at radius 1 is 0.739 bits per heavy atom. The quantitative estimate of drug-likeness (QED) is 0.102. The lowest BCUT2D eigenvalue weighted by atomic mass is 10.1. The van der Waals surface area contributed by atoms with Gasteiger partial charge >= 0.3 is 0 Å². The lowest BCUT2D eigenvalue weighted by molar-refractivity contribution is -0.116. The van der Waals surface area contributed by atoms with Crippen LogP contribution in [0, 0.1) is 5.82 Å². The number of halogens is 3. The number of anilines is 2. The number of nitrogens with one attached hydrogen (secondary N) is 3. The van der Waals surface area contributed by atoms with Gasteiger partial charge in [-0.1, -0.05) is 89.9 Å². The lowest BCUT2D eigenvalue weighted by Gasteiger charge is -2.18. The summed E-state index contributed by atoms with van der Waals surface area (Å²) in [6.45, 7) is 0. The molecule has 5 rings (SSSR count). The van der Waals surface area contributed by atoms with Crippen molar-refractivity contribution in [2.24, 2.45) is 0 Å². The van der Waals surface area contributed by atoms with E-state index in [2.05, 4.69) is 16.0 Å². The van der Waals surface area contributed by atoms with E-state index in [1.54, 1.807) is 78.9 Å². The Morgan fingerprint density at radius 3 is 2.07 bits per heavy atom. The van der Waals surface area contributed by atoms with E-state index in [0.717, 1.165) is 10.5 Å². The third-order valence-electron chi connectivity index (χ3n) is 6.63. The number of benzene rings is 5. The molecule has 0 aliphatic heterocycles. The Hall–Kier alpha value is -4.89. The van der Waals surface area contributed by atoms with E-state index in [1.165, 1.54) is 36.0 Å². The van der Waals surface area contributed by atoms with E-state index < -0.39 is 22.9 Å². The highest BCUT2D eigenvalue weighted by Crippen LogP contribution is 2.37. The first-order valence-corrected chi connectivity index (χ1v) is 15.6. The smallest absolute Gasteiger partial charge is 0.272 e. The number of carbonyl (C=O) groups is 3. The summed E-state index contributed by atoms with van der Waals surface area (Å²) in [5, 5.41) is 8.39. The zero-order valence-electron chi connectivity index (χ0n) is 24.0. The molecule has 0 heterocycles. The van der Waals surface area contributed by atoms with E-state index >= 15 is 0 Å². The van der Waals surface area contributed by atoms with Crippen LogP contribution in [0.5, 0.6) is 0 Å². The van der Waals surface area contributed by atoms with Crippen molar-refractivity contribution in [1.82, 2.24) is 5.32 Å². The molecule has 0 aromatic heterocycles. The minimum atomic E-state index is -0.644. The summed E-state index contributed by atoms with van der Waals surface area (Å²) in [4.78, 5) is 40.5. The summed E-state index contributed by atoms with van der Waals surface area (Å²) in [6.07, 6.45) is 1.28. The fourth-order valence-corrected chi connectivity index (χ4v) is 5.81. The van der Waals surface area contributed by atoms with Crippen LogP contribution >= 0.6 is 35.0 Å². The Labute approximate surface area is 279 Å². The molecule has 0 saturated carbocycles. The van der Waals surface area contributed by atoms with Crippen LogP contribution in [0.25, 0.3) is 6.08 Å². The lowest BCUT2D eigenvalue weighted by Crippen LogP contribution is -2.30. The summed E-state index contributed by atoms with van der Waals surface area (Å²) < 4.78 is 14.5. The van der Waals surface area contributed by atoms with Crippen molar-refractivity contribution in [3.63, 3.8) is 0 Å². The normalized spacial score (nSPS) is 11.8. The maximum absolute atomic E-state index is 14.5. The number of hydrogen-bond donors (Lipinski definition) is 3. The molecule has 5 aromatic carbocycles. The molecule has 46 heavy (non-hydrogen) atoms. The molecule has 0 aliphatic rings. The monoisotopic (exact) mass is 669 g/mol. The third-order valence-corrected chi connectivity index (χ3v) is 8.44. The van der Waals surface area contributed by atoms with Gasteiger partial charge in [-0.25, -0.2) is 4.39 Å². The Morgan fingerprint density at radius 2 is 1.39 bits per heavy atom. The average molecular weight is 671 g/mol. The molecule has 0 radical (unpaired) electrons. The van der Waals surface area contributed by atoms with Gasteiger partial charge in [0.25, 0.3) is 11.8 Å². The Kier molecular flexibility index (Phi) is 10.9. The summed E-state index contributed by atoms with van der Waals surface area (Å²) in [7, 11) is 0. The Bertz CT molecular complexity index is 1890. The highest BCUT2D eigenvalue weighted by molar-refractivity contribution is 8.00. The van der Waals surface area contributed by atoms with Gasteiger partial charge in [0.05, 0.1) is 10.7 Å². The van der Waals surface area contributed by atoms with Crippen LogP contribution in [0.3, 0.4) is 0 Å². The average Bonchev–Trinajstić information content (AvgIpc) is 3.07. The van der Waals surface area contributed by atoms with Gasteiger partial charge in [-0.15, -0.1) is 11.8 Å². The van der Waals surface area contributed by atoms with Gasteiger partial charge in [0.2, 0.25) is 5.91 Å². The number of amides is 3. The maximum Gasteiger partial charge on any atom is 0.272 e. The molecule has 1 unspecified atom stereocenters. The second-order valence-corrected chi connectivity index (χ2v) is 11.9. The first kappa shape index (κ1) is 32.5. The van der Waals surface area contributed by atoms with Crippen molar-refractivity contribution in [3.8, 4) is 0 Å². The van der Waals surface area contributed by atoms with Crippen LogP contribution in [-0.4, -0.2) is 17.7 Å². The standard InChI is InChI=1S/C36H26Cl2FN3O3S/c37-26-15-20-31(29(38)22-26)41-36(45)33(23-9-3-1-4-10-23)46-28-18-16-27(17-19-28)40-35(44)32(21-25-13-7-8-14-30(25)39)42-34(43)24-11-5-2-6-12-24/h1-22,33H,(H,40,44)(H,41,45)(H,42,43)/b32-21-. The second kappa shape index (κ2) is 15.4. The SMILES string of the molecule is O=C(Nc1ccc(SC(C(=O)Nc2ccc(Cl)cc2Cl)c2ccccc2)cc1)/C(=C/c1ccccc1F)NC(=O)c1ccccc1. The summed E-state index contributed by atoms with van der Waals surface area (Å²) in [6, 6.07) is 35.4. The van der Waals surface area contributed by atoms with Crippen molar-refractivity contribution >= 4 is 70.1 Å². The topological polar surface area (TPSA) is 87.3 Å². The van der Waals surface area contributed by atoms with Crippen molar-refractivity contribution < 1.29 is 18.8 Å². The van der Waals surface area contributed by atoms with Gasteiger partial charge in [0.1, 0.15) is 16.8 Å². The molecule has 0 aliphatic carbocycles. The largest absolute Gasteiger partial charge is 0.323 e. The summed E-state index contributed by atoms with van der Waals surface area (Å²) >= 11 is 13.6. The van der Waals surface area contributed by atoms with Gasteiger partial charge in [-0.2, -0.15) is 0 Å². The second-order valence-electron chi connectivity index (χ2n) is 9.90.